The molecular weight excluding hydrogens is 390 g/mol. The van der Waals surface area contributed by atoms with Gasteiger partial charge >= 0.3 is 0 Å². The van der Waals surface area contributed by atoms with Crippen molar-refractivity contribution in [3.05, 3.63) is 66.0 Å². The molecule has 0 radical (unpaired) electrons. The maximum atomic E-state index is 9.39. The normalized spacial score (nSPS) is 19.1. The van der Waals surface area contributed by atoms with Crippen LogP contribution in [0.15, 0.2) is 59.9 Å². The fourth-order valence-corrected chi connectivity index (χ4v) is 4.08. The van der Waals surface area contributed by atoms with Gasteiger partial charge in [-0.05, 0) is 36.1 Å². The molecule has 1 atom stereocenters. The highest BCUT2D eigenvalue weighted by atomic mass is 16.5. The molecule has 1 fully saturated rings. The molecule has 1 saturated heterocycles. The number of imidazole rings is 1. The van der Waals surface area contributed by atoms with Crippen LogP contribution in [0.5, 0.6) is 0 Å². The fraction of sp³-hybridized carbons (Fsp3) is 0.417. The summed E-state index contributed by atoms with van der Waals surface area (Å²) in [5, 5.41) is 16.2. The number of para-hydroxylation sites is 2. The van der Waals surface area contributed by atoms with Crippen LogP contribution in [0.1, 0.15) is 24.0 Å². The van der Waals surface area contributed by atoms with Gasteiger partial charge in [-0.25, -0.2) is 4.98 Å². The highest BCUT2D eigenvalue weighted by molar-refractivity contribution is 5.79. The van der Waals surface area contributed by atoms with E-state index in [1.165, 1.54) is 11.1 Å². The third kappa shape index (κ3) is 5.24. The van der Waals surface area contributed by atoms with Gasteiger partial charge in [-0.2, -0.15) is 0 Å². The van der Waals surface area contributed by atoms with Crippen LogP contribution >= 0.6 is 0 Å². The van der Waals surface area contributed by atoms with Crippen LogP contribution in [0, 0.1) is 5.41 Å². The van der Waals surface area contributed by atoms with Gasteiger partial charge in [-0.15, -0.1) is 0 Å². The fourth-order valence-electron chi connectivity index (χ4n) is 4.08. The van der Waals surface area contributed by atoms with E-state index in [4.69, 9.17) is 4.74 Å². The highest BCUT2D eigenvalue weighted by Crippen LogP contribution is 2.31. The molecule has 7 heteroatoms. The summed E-state index contributed by atoms with van der Waals surface area (Å²) in [5.41, 5.74) is 4.59. The lowest BCUT2D eigenvalue weighted by Crippen LogP contribution is -2.44. The van der Waals surface area contributed by atoms with E-state index in [0.29, 0.717) is 13.2 Å². The molecular formula is C24H31N5O2. The number of ether oxygens (including phenoxy) is 1. The molecule has 1 unspecified atom stereocenters. The minimum atomic E-state index is -0.00842. The molecule has 2 heterocycles. The predicted octanol–water partition coefficient (Wildman–Crippen LogP) is 2.54. The number of aromatic nitrogens is 2. The van der Waals surface area contributed by atoms with Gasteiger partial charge in [0.2, 0.25) is 0 Å². The minimum absolute atomic E-state index is 0.00842. The number of nitrogens with one attached hydrogen (secondary N) is 2. The molecule has 1 aliphatic heterocycles. The van der Waals surface area contributed by atoms with E-state index in [9.17, 15) is 5.11 Å². The Bertz CT molecular complexity index is 1010. The van der Waals surface area contributed by atoms with Gasteiger partial charge in [0.15, 0.2) is 5.96 Å². The largest absolute Gasteiger partial charge is 0.396 e. The lowest BCUT2D eigenvalue weighted by Gasteiger charge is -2.27. The van der Waals surface area contributed by atoms with Crippen molar-refractivity contribution >= 4 is 17.0 Å². The van der Waals surface area contributed by atoms with E-state index in [-0.39, 0.29) is 12.0 Å². The lowest BCUT2D eigenvalue weighted by molar-refractivity contribution is 0.127. The number of aliphatic hydroxyl groups excluding tert-OH is 1. The Morgan fingerprint density at radius 1 is 1.16 bits per heavy atom. The molecule has 0 saturated carbocycles. The predicted molar refractivity (Wildman–Crippen MR) is 123 cm³/mol. The molecule has 2 aromatic carbocycles. The summed E-state index contributed by atoms with van der Waals surface area (Å²) in [5.74, 6) is 0.762. The molecule has 3 N–H and O–H groups in total. The molecule has 0 bridgehead atoms. The Morgan fingerprint density at radius 2 is 1.97 bits per heavy atom. The number of benzene rings is 2. The second-order valence-electron chi connectivity index (χ2n) is 8.23. The van der Waals surface area contributed by atoms with Crippen LogP contribution in [-0.4, -0.2) is 54.0 Å². The van der Waals surface area contributed by atoms with Gasteiger partial charge in [0.25, 0.3) is 0 Å². The average Bonchev–Trinajstić information content (AvgIpc) is 3.43. The Hall–Kier alpha value is -2.90. The van der Waals surface area contributed by atoms with Crippen LogP contribution in [0.3, 0.4) is 0 Å². The second-order valence-corrected chi connectivity index (χ2v) is 8.23. The summed E-state index contributed by atoms with van der Waals surface area (Å²) in [6.45, 7) is 3.85. The van der Waals surface area contributed by atoms with Crippen molar-refractivity contribution in [1.82, 2.24) is 20.2 Å². The zero-order valence-electron chi connectivity index (χ0n) is 18.1. The third-order valence-electron chi connectivity index (χ3n) is 6.04. The maximum Gasteiger partial charge on any atom is 0.191 e. The first-order valence-electron chi connectivity index (χ1n) is 10.8. The van der Waals surface area contributed by atoms with Crippen molar-refractivity contribution in [3.8, 4) is 0 Å². The lowest BCUT2D eigenvalue weighted by atomic mass is 9.84. The molecule has 0 aliphatic carbocycles. The Balaban J connectivity index is 1.30. The first kappa shape index (κ1) is 21.3. The molecule has 3 aromatic rings. The number of hydrogen-bond acceptors (Lipinski definition) is 4. The van der Waals surface area contributed by atoms with Gasteiger partial charge in [0.1, 0.15) is 0 Å². The van der Waals surface area contributed by atoms with Crippen LogP contribution in [-0.2, 0) is 17.8 Å². The quantitative estimate of drug-likeness (QED) is 0.385. The average molecular weight is 422 g/mol. The molecule has 0 amide bonds. The summed E-state index contributed by atoms with van der Waals surface area (Å²) < 4.78 is 7.73. The topological polar surface area (TPSA) is 83.7 Å². The molecule has 1 aromatic heterocycles. The van der Waals surface area contributed by atoms with E-state index in [1.807, 2.05) is 24.5 Å². The van der Waals surface area contributed by atoms with Crippen molar-refractivity contribution in [2.75, 3.05) is 33.4 Å². The van der Waals surface area contributed by atoms with Crippen molar-refractivity contribution in [1.29, 1.82) is 0 Å². The number of guanidine groups is 1. The van der Waals surface area contributed by atoms with Crippen LogP contribution in [0.2, 0.25) is 0 Å². The third-order valence-corrected chi connectivity index (χ3v) is 6.04. The van der Waals surface area contributed by atoms with E-state index in [0.717, 1.165) is 49.5 Å². The molecule has 1 aliphatic rings. The monoisotopic (exact) mass is 421 g/mol. The molecule has 31 heavy (non-hydrogen) atoms. The number of hydrogen-bond donors (Lipinski definition) is 3. The SMILES string of the molecule is CN=C(NCc1ccc(Cn2cnc3ccccc32)cc1)NCC1(CCO)CCOC1. The summed E-state index contributed by atoms with van der Waals surface area (Å²) in [4.78, 5) is 8.80. The van der Waals surface area contributed by atoms with Crippen LogP contribution in [0.4, 0.5) is 0 Å². The van der Waals surface area contributed by atoms with Crippen molar-refractivity contribution in [2.24, 2.45) is 10.4 Å². The van der Waals surface area contributed by atoms with Gasteiger partial charge in [0.05, 0.1) is 24.0 Å². The first-order valence-corrected chi connectivity index (χ1v) is 10.8. The van der Waals surface area contributed by atoms with Gasteiger partial charge in [-0.1, -0.05) is 36.4 Å². The number of aliphatic imine (C=N–C) groups is 1. The zero-order chi connectivity index (χ0) is 21.5. The minimum Gasteiger partial charge on any atom is -0.396 e. The zero-order valence-corrected chi connectivity index (χ0v) is 18.1. The standard InChI is InChI=1S/C24H31N5O2/c1-25-23(27-16-24(10-12-30)11-13-31-17-24)26-14-19-6-8-20(9-7-19)15-29-18-28-21-4-2-3-5-22(21)29/h2-9,18,30H,10-17H2,1H3,(H2,25,26,27). The Morgan fingerprint density at radius 3 is 2.71 bits per heavy atom. The summed E-state index contributed by atoms with van der Waals surface area (Å²) in [6, 6.07) is 16.8. The summed E-state index contributed by atoms with van der Waals surface area (Å²) in [6.07, 6.45) is 3.60. The van der Waals surface area contributed by atoms with E-state index < -0.39 is 0 Å². The number of rotatable bonds is 8. The molecule has 0 spiro atoms. The molecule has 4 rings (SSSR count). The van der Waals surface area contributed by atoms with Crippen LogP contribution < -0.4 is 10.6 Å². The van der Waals surface area contributed by atoms with Crippen molar-refractivity contribution in [2.45, 2.75) is 25.9 Å². The number of fused-ring (bicyclic) bond motifs is 1. The Labute approximate surface area is 183 Å². The highest BCUT2D eigenvalue weighted by Gasteiger charge is 2.34. The summed E-state index contributed by atoms with van der Waals surface area (Å²) >= 11 is 0. The van der Waals surface area contributed by atoms with Gasteiger partial charge in [-0.3, -0.25) is 4.99 Å². The van der Waals surface area contributed by atoms with E-state index in [2.05, 4.69) is 55.5 Å². The van der Waals surface area contributed by atoms with Gasteiger partial charge in [0, 0.05) is 45.3 Å². The van der Waals surface area contributed by atoms with E-state index >= 15 is 0 Å². The van der Waals surface area contributed by atoms with E-state index in [1.54, 1.807) is 7.05 Å². The molecule has 164 valence electrons. The maximum absolute atomic E-state index is 9.39. The van der Waals surface area contributed by atoms with Crippen molar-refractivity contribution in [3.63, 3.8) is 0 Å². The van der Waals surface area contributed by atoms with Crippen molar-refractivity contribution < 1.29 is 9.84 Å². The Kier molecular flexibility index (Phi) is 6.84. The molecule has 7 nitrogen and oxygen atoms in total. The first-order chi connectivity index (χ1) is 15.2. The smallest absolute Gasteiger partial charge is 0.191 e. The summed E-state index contributed by atoms with van der Waals surface area (Å²) in [7, 11) is 1.78. The van der Waals surface area contributed by atoms with Crippen LogP contribution in [0.25, 0.3) is 11.0 Å². The van der Waals surface area contributed by atoms with Gasteiger partial charge < -0.3 is 25.0 Å². The number of nitrogens with zero attached hydrogens (tertiary/aromatic N) is 3. The second kappa shape index (κ2) is 9.94. The number of aliphatic hydroxyl groups is 1.